The maximum Gasteiger partial charge on any atom is 0.340 e. The lowest BCUT2D eigenvalue weighted by atomic mass is 10.2. The fraction of sp³-hybridized carbons (Fsp3) is 0.263. The van der Waals surface area contributed by atoms with Crippen LogP contribution in [0.15, 0.2) is 41.3 Å². The third-order valence-corrected chi connectivity index (χ3v) is 7.52. The summed E-state index contributed by atoms with van der Waals surface area (Å²) in [6, 6.07) is 9.00. The molecule has 31 heavy (non-hydrogen) atoms. The largest absolute Gasteiger partial charge is 0.452 e. The summed E-state index contributed by atoms with van der Waals surface area (Å²) in [5.74, 6) is -1.47. The zero-order valence-corrected chi connectivity index (χ0v) is 18.5. The predicted molar refractivity (Wildman–Crippen MR) is 116 cm³/mol. The molecular formula is C19H17ClN4O5S2. The quantitative estimate of drug-likeness (QED) is 0.539. The molecule has 12 heteroatoms. The first-order valence-electron chi connectivity index (χ1n) is 9.34. The number of ether oxygens (including phenoxy) is 1. The average Bonchev–Trinajstić information content (AvgIpc) is 3.45. The van der Waals surface area contributed by atoms with Crippen LogP contribution in [-0.2, 0) is 19.6 Å². The number of carbonyl (C=O) groups excluding carboxylic acids is 2. The van der Waals surface area contributed by atoms with Crippen LogP contribution >= 0.6 is 23.3 Å². The van der Waals surface area contributed by atoms with Crippen molar-refractivity contribution in [3.63, 3.8) is 0 Å². The Balaban J connectivity index is 1.44. The van der Waals surface area contributed by atoms with Gasteiger partial charge in [0, 0.05) is 13.1 Å². The molecule has 0 bridgehead atoms. The standard InChI is InChI=1S/C19H17ClN4O5S2/c20-14-7-6-12(31(27,28)24-8-1-2-9-24)10-13(14)19(26)29-11-17(25)21-15-4-3-5-16-18(15)23-30-22-16/h3-7,10H,1-2,8-9,11H2,(H,21,25). The molecule has 9 nitrogen and oxygen atoms in total. The molecule has 0 radical (unpaired) electrons. The second-order valence-electron chi connectivity index (χ2n) is 6.81. The topological polar surface area (TPSA) is 119 Å². The maximum atomic E-state index is 12.7. The van der Waals surface area contributed by atoms with Gasteiger partial charge in [0.1, 0.15) is 11.0 Å². The number of halogens is 1. The summed E-state index contributed by atoms with van der Waals surface area (Å²) in [4.78, 5) is 24.7. The van der Waals surface area contributed by atoms with Crippen LogP contribution in [0.3, 0.4) is 0 Å². The van der Waals surface area contributed by atoms with Crippen molar-refractivity contribution in [3.8, 4) is 0 Å². The van der Waals surface area contributed by atoms with Crippen molar-refractivity contribution >= 4 is 61.9 Å². The fourth-order valence-electron chi connectivity index (χ4n) is 3.20. The Morgan fingerprint density at radius 2 is 1.94 bits per heavy atom. The van der Waals surface area contributed by atoms with Gasteiger partial charge in [0.15, 0.2) is 6.61 Å². The highest BCUT2D eigenvalue weighted by Gasteiger charge is 2.28. The second kappa shape index (κ2) is 8.87. The number of esters is 1. The van der Waals surface area contributed by atoms with Crippen LogP contribution in [0.4, 0.5) is 5.69 Å². The second-order valence-corrected chi connectivity index (χ2v) is 9.69. The lowest BCUT2D eigenvalue weighted by Crippen LogP contribution is -2.28. The van der Waals surface area contributed by atoms with Gasteiger partial charge < -0.3 is 10.1 Å². The molecule has 3 aromatic rings. The third kappa shape index (κ3) is 4.54. The van der Waals surface area contributed by atoms with Crippen LogP contribution < -0.4 is 5.32 Å². The Kier molecular flexibility index (Phi) is 6.19. The average molecular weight is 481 g/mol. The molecule has 4 rings (SSSR count). The van der Waals surface area contributed by atoms with Gasteiger partial charge in [0.05, 0.1) is 32.9 Å². The zero-order chi connectivity index (χ0) is 22.0. The number of hydrogen-bond donors (Lipinski definition) is 1. The molecule has 1 fully saturated rings. The van der Waals surface area contributed by atoms with E-state index in [2.05, 4.69) is 14.1 Å². The van der Waals surface area contributed by atoms with Crippen molar-refractivity contribution in [1.29, 1.82) is 0 Å². The van der Waals surface area contributed by atoms with E-state index in [-0.39, 0.29) is 15.5 Å². The molecule has 0 spiro atoms. The van der Waals surface area contributed by atoms with Crippen LogP contribution in [-0.4, -0.2) is 53.0 Å². The number of hydrogen-bond acceptors (Lipinski definition) is 8. The van der Waals surface area contributed by atoms with Gasteiger partial charge >= 0.3 is 5.97 Å². The number of nitrogens with one attached hydrogen (secondary N) is 1. The molecule has 0 unspecified atom stereocenters. The zero-order valence-electron chi connectivity index (χ0n) is 16.1. The van der Waals surface area contributed by atoms with Crippen molar-refractivity contribution in [3.05, 3.63) is 47.0 Å². The van der Waals surface area contributed by atoms with Crippen LogP contribution in [0.2, 0.25) is 5.02 Å². The van der Waals surface area contributed by atoms with Gasteiger partial charge in [-0.1, -0.05) is 17.7 Å². The number of aromatic nitrogens is 2. The van der Waals surface area contributed by atoms with Crippen molar-refractivity contribution in [1.82, 2.24) is 13.1 Å². The summed E-state index contributed by atoms with van der Waals surface area (Å²) in [7, 11) is -3.72. The normalized spacial score (nSPS) is 14.6. The third-order valence-electron chi connectivity index (χ3n) is 4.76. The molecule has 0 saturated carbocycles. The van der Waals surface area contributed by atoms with Crippen LogP contribution in [0, 0.1) is 0 Å². The van der Waals surface area contributed by atoms with Gasteiger partial charge in [-0.3, -0.25) is 4.79 Å². The first kappa shape index (κ1) is 21.6. The van der Waals surface area contributed by atoms with Gasteiger partial charge in [-0.15, -0.1) is 0 Å². The number of amides is 1. The van der Waals surface area contributed by atoms with E-state index < -0.39 is 28.5 Å². The molecule has 1 saturated heterocycles. The summed E-state index contributed by atoms with van der Waals surface area (Å²) >= 11 is 7.09. The SMILES string of the molecule is O=C(COC(=O)c1cc(S(=O)(=O)N2CCCC2)ccc1Cl)Nc1cccc2nsnc12. The Labute approximate surface area is 187 Å². The van der Waals surface area contributed by atoms with Crippen molar-refractivity contribution in [2.75, 3.05) is 25.0 Å². The van der Waals surface area contributed by atoms with Gasteiger partial charge in [-0.2, -0.15) is 13.1 Å². The number of nitrogens with zero attached hydrogens (tertiary/aromatic N) is 3. The predicted octanol–water partition coefficient (Wildman–Crippen LogP) is 2.92. The van der Waals surface area contributed by atoms with Gasteiger partial charge in [0.25, 0.3) is 5.91 Å². The first-order chi connectivity index (χ1) is 14.9. The van der Waals surface area contributed by atoms with Gasteiger partial charge in [-0.05, 0) is 43.2 Å². The minimum atomic E-state index is -3.72. The lowest BCUT2D eigenvalue weighted by molar-refractivity contribution is -0.119. The smallest absolute Gasteiger partial charge is 0.340 e. The summed E-state index contributed by atoms with van der Waals surface area (Å²) < 4.78 is 40.1. The summed E-state index contributed by atoms with van der Waals surface area (Å²) in [6.45, 7) is 0.296. The van der Waals surface area contributed by atoms with Crippen LogP contribution in [0.25, 0.3) is 11.0 Å². The van der Waals surface area contributed by atoms with E-state index in [0.29, 0.717) is 29.8 Å². The lowest BCUT2D eigenvalue weighted by Gasteiger charge is -2.16. The number of sulfonamides is 1. The number of anilines is 1. The number of benzene rings is 2. The van der Waals surface area contributed by atoms with E-state index in [9.17, 15) is 18.0 Å². The minimum Gasteiger partial charge on any atom is -0.452 e. The monoisotopic (exact) mass is 480 g/mol. The summed E-state index contributed by atoms with van der Waals surface area (Å²) in [6.07, 6.45) is 1.59. The molecule has 1 aromatic heterocycles. The van der Waals surface area contributed by atoms with E-state index in [4.69, 9.17) is 16.3 Å². The minimum absolute atomic E-state index is 0.0316. The molecule has 2 aromatic carbocycles. The highest BCUT2D eigenvalue weighted by atomic mass is 35.5. The molecule has 0 aliphatic carbocycles. The number of carbonyl (C=O) groups is 2. The highest BCUT2D eigenvalue weighted by Crippen LogP contribution is 2.26. The fourth-order valence-corrected chi connectivity index (χ4v) is 5.49. The molecule has 1 amide bonds. The van der Waals surface area contributed by atoms with E-state index in [0.717, 1.165) is 24.6 Å². The Morgan fingerprint density at radius 3 is 2.71 bits per heavy atom. The van der Waals surface area contributed by atoms with E-state index >= 15 is 0 Å². The van der Waals surface area contributed by atoms with Gasteiger partial charge in [0.2, 0.25) is 10.0 Å². The number of rotatable bonds is 6. The Hall–Kier alpha value is -2.60. The van der Waals surface area contributed by atoms with Crippen molar-refractivity contribution in [2.24, 2.45) is 0 Å². The molecule has 1 aliphatic heterocycles. The van der Waals surface area contributed by atoms with Crippen LogP contribution in [0.5, 0.6) is 0 Å². The Bertz CT molecular complexity index is 1260. The molecular weight excluding hydrogens is 464 g/mol. The molecule has 2 heterocycles. The molecule has 1 aliphatic rings. The maximum absolute atomic E-state index is 12.7. The van der Waals surface area contributed by atoms with Crippen LogP contribution in [0.1, 0.15) is 23.2 Å². The molecule has 0 atom stereocenters. The van der Waals surface area contributed by atoms with Gasteiger partial charge in [-0.25, -0.2) is 13.2 Å². The Morgan fingerprint density at radius 1 is 1.16 bits per heavy atom. The summed E-state index contributed by atoms with van der Waals surface area (Å²) in [5, 5.41) is 2.65. The first-order valence-corrected chi connectivity index (χ1v) is 11.9. The van der Waals surface area contributed by atoms with E-state index in [1.165, 1.54) is 22.5 Å². The van der Waals surface area contributed by atoms with E-state index in [1.807, 2.05) is 0 Å². The van der Waals surface area contributed by atoms with E-state index in [1.54, 1.807) is 18.2 Å². The van der Waals surface area contributed by atoms with Crippen molar-refractivity contribution < 1.29 is 22.7 Å². The summed E-state index contributed by atoms with van der Waals surface area (Å²) in [5.41, 5.74) is 1.50. The molecule has 162 valence electrons. The molecule has 1 N–H and O–H groups in total. The van der Waals surface area contributed by atoms with Crippen molar-refractivity contribution in [2.45, 2.75) is 17.7 Å². The highest BCUT2D eigenvalue weighted by molar-refractivity contribution is 7.89. The number of fused-ring (bicyclic) bond motifs is 1.